The van der Waals surface area contributed by atoms with Gasteiger partial charge in [0.25, 0.3) is 5.89 Å². The van der Waals surface area contributed by atoms with Gasteiger partial charge in [0.05, 0.1) is 0 Å². The summed E-state index contributed by atoms with van der Waals surface area (Å²) in [6, 6.07) is 13.6. The van der Waals surface area contributed by atoms with E-state index < -0.39 is 12.1 Å². The number of benzene rings is 2. The Hall–Kier alpha value is -3.39. The van der Waals surface area contributed by atoms with Crippen LogP contribution in [0, 0.1) is 12.7 Å². The highest BCUT2D eigenvalue weighted by molar-refractivity contribution is 7.13. The zero-order chi connectivity index (χ0) is 20.4. The largest absolute Gasteiger partial charge is 0.448 e. The lowest BCUT2D eigenvalue weighted by atomic mass is 10.1. The van der Waals surface area contributed by atoms with E-state index >= 15 is 0 Å². The second-order valence-corrected chi connectivity index (χ2v) is 7.26. The van der Waals surface area contributed by atoms with Crippen LogP contribution in [0.1, 0.15) is 35.0 Å². The molecule has 6 nitrogen and oxygen atoms in total. The zero-order valence-corrected chi connectivity index (χ0v) is 16.4. The first-order valence-corrected chi connectivity index (χ1v) is 9.70. The van der Waals surface area contributed by atoms with E-state index in [0.29, 0.717) is 10.9 Å². The summed E-state index contributed by atoms with van der Waals surface area (Å²) in [6.07, 6.45) is -0.731. The molecule has 29 heavy (non-hydrogen) atoms. The molecule has 0 radical (unpaired) electrons. The van der Waals surface area contributed by atoms with E-state index in [1.165, 1.54) is 23.5 Å². The van der Waals surface area contributed by atoms with E-state index in [4.69, 9.17) is 9.15 Å². The molecule has 1 atom stereocenters. The summed E-state index contributed by atoms with van der Waals surface area (Å²) in [4.78, 5) is 16.7. The first-order chi connectivity index (χ1) is 14.0. The minimum Gasteiger partial charge on any atom is -0.448 e. The van der Waals surface area contributed by atoms with Crippen molar-refractivity contribution in [3.05, 3.63) is 76.9 Å². The van der Waals surface area contributed by atoms with Crippen LogP contribution in [0.25, 0.3) is 22.0 Å². The highest BCUT2D eigenvalue weighted by Gasteiger charge is 2.22. The van der Waals surface area contributed by atoms with Gasteiger partial charge in [0.1, 0.15) is 10.8 Å². The Morgan fingerprint density at radius 1 is 1.07 bits per heavy atom. The van der Waals surface area contributed by atoms with Crippen molar-refractivity contribution < 1.29 is 18.3 Å². The monoisotopic (exact) mass is 409 g/mol. The topological polar surface area (TPSA) is 78.1 Å². The molecule has 0 unspecified atom stereocenters. The third-order valence-corrected chi connectivity index (χ3v) is 5.07. The van der Waals surface area contributed by atoms with Crippen LogP contribution in [0.2, 0.25) is 0 Å². The number of nitrogens with zero attached hydrogens (tertiary/aromatic N) is 3. The van der Waals surface area contributed by atoms with Crippen LogP contribution in [-0.2, 0) is 4.74 Å². The van der Waals surface area contributed by atoms with Gasteiger partial charge in [-0.15, -0.1) is 21.5 Å². The Kier molecular flexibility index (Phi) is 5.18. The number of thiazole rings is 1. The molecule has 146 valence electrons. The molecule has 4 aromatic rings. The molecule has 0 spiro atoms. The average Bonchev–Trinajstić information content (AvgIpc) is 3.39. The summed E-state index contributed by atoms with van der Waals surface area (Å²) in [5.74, 6) is -0.376. The molecule has 2 aromatic carbocycles. The van der Waals surface area contributed by atoms with E-state index in [1.54, 1.807) is 24.4 Å². The molecular weight excluding hydrogens is 393 g/mol. The van der Waals surface area contributed by atoms with Crippen LogP contribution in [-0.4, -0.2) is 21.2 Å². The number of esters is 1. The van der Waals surface area contributed by atoms with Gasteiger partial charge < -0.3 is 9.15 Å². The van der Waals surface area contributed by atoms with E-state index in [0.717, 1.165) is 16.7 Å². The maximum absolute atomic E-state index is 13.1. The lowest BCUT2D eigenvalue weighted by Crippen LogP contribution is -2.10. The van der Waals surface area contributed by atoms with Gasteiger partial charge in [-0.05, 0) is 50.2 Å². The third kappa shape index (κ3) is 4.22. The predicted molar refractivity (Wildman–Crippen MR) is 106 cm³/mol. The van der Waals surface area contributed by atoms with Crippen LogP contribution >= 0.6 is 11.3 Å². The number of rotatable bonds is 5. The Bertz CT molecular complexity index is 1140. The number of aromatic nitrogens is 3. The zero-order valence-electron chi connectivity index (χ0n) is 15.6. The van der Waals surface area contributed by atoms with E-state index in [9.17, 15) is 9.18 Å². The van der Waals surface area contributed by atoms with Crippen molar-refractivity contribution in [1.29, 1.82) is 0 Å². The number of hydrogen-bond donors (Lipinski definition) is 0. The van der Waals surface area contributed by atoms with Crippen molar-refractivity contribution in [1.82, 2.24) is 15.2 Å². The number of ether oxygens (including phenoxy) is 1. The Balaban J connectivity index is 1.45. The van der Waals surface area contributed by atoms with E-state index in [-0.39, 0.29) is 17.4 Å². The third-order valence-electron chi connectivity index (χ3n) is 4.18. The van der Waals surface area contributed by atoms with Gasteiger partial charge in [-0.25, -0.2) is 14.2 Å². The fourth-order valence-electron chi connectivity index (χ4n) is 2.58. The van der Waals surface area contributed by atoms with Gasteiger partial charge in [-0.3, -0.25) is 0 Å². The maximum atomic E-state index is 13.1. The summed E-state index contributed by atoms with van der Waals surface area (Å²) in [5, 5.41) is 10.2. The molecule has 0 saturated carbocycles. The summed E-state index contributed by atoms with van der Waals surface area (Å²) < 4.78 is 24.1. The number of aryl methyl sites for hydroxylation is 1. The Morgan fingerprint density at radius 3 is 2.48 bits per heavy atom. The SMILES string of the molecule is Cc1ccc(-c2nnc([C@@H](C)OC(=O)c3csc(-c4ccc(F)cc4)n3)o2)cc1. The summed E-state index contributed by atoms with van der Waals surface area (Å²) >= 11 is 1.28. The fraction of sp³-hybridized carbons (Fsp3) is 0.143. The normalized spacial score (nSPS) is 12.0. The molecule has 2 aromatic heterocycles. The van der Waals surface area contributed by atoms with Crippen LogP contribution in [0.4, 0.5) is 4.39 Å². The molecule has 0 N–H and O–H groups in total. The molecular formula is C21H16FN3O3S. The lowest BCUT2D eigenvalue weighted by molar-refractivity contribution is 0.0274. The number of halogens is 1. The van der Waals surface area contributed by atoms with Crippen LogP contribution in [0.3, 0.4) is 0 Å². The lowest BCUT2D eigenvalue weighted by Gasteiger charge is -2.07. The predicted octanol–water partition coefficient (Wildman–Crippen LogP) is 5.23. The standard InChI is InChI=1S/C21H16FN3O3S/c1-12-3-5-14(6-4-12)19-25-24-18(28-19)13(2)27-21(26)17-11-29-20(23-17)15-7-9-16(22)10-8-15/h3-11,13H,1-2H3/t13-/m1/s1. The Morgan fingerprint density at radius 2 is 1.76 bits per heavy atom. The second kappa shape index (κ2) is 7.92. The van der Waals surface area contributed by atoms with Crippen molar-refractivity contribution in [2.75, 3.05) is 0 Å². The first-order valence-electron chi connectivity index (χ1n) is 8.82. The molecule has 2 heterocycles. The molecule has 0 aliphatic carbocycles. The van der Waals surface area contributed by atoms with Gasteiger partial charge in [-0.1, -0.05) is 17.7 Å². The van der Waals surface area contributed by atoms with Crippen molar-refractivity contribution in [2.45, 2.75) is 20.0 Å². The molecule has 4 rings (SSSR count). The Labute approximate surface area is 170 Å². The highest BCUT2D eigenvalue weighted by atomic mass is 32.1. The number of carbonyl (C=O) groups is 1. The molecule has 0 saturated heterocycles. The fourth-order valence-corrected chi connectivity index (χ4v) is 3.37. The molecule has 0 aliphatic heterocycles. The second-order valence-electron chi connectivity index (χ2n) is 6.40. The highest BCUT2D eigenvalue weighted by Crippen LogP contribution is 2.26. The van der Waals surface area contributed by atoms with Crippen LogP contribution in [0.15, 0.2) is 58.3 Å². The first kappa shape index (κ1) is 18.9. The van der Waals surface area contributed by atoms with Crippen molar-refractivity contribution in [3.63, 3.8) is 0 Å². The minimum atomic E-state index is -0.731. The van der Waals surface area contributed by atoms with E-state index in [2.05, 4.69) is 15.2 Å². The van der Waals surface area contributed by atoms with Gasteiger partial charge in [0, 0.05) is 16.5 Å². The van der Waals surface area contributed by atoms with Crippen molar-refractivity contribution in [2.24, 2.45) is 0 Å². The van der Waals surface area contributed by atoms with E-state index in [1.807, 2.05) is 31.2 Å². The molecule has 0 bridgehead atoms. The molecule has 0 aliphatic rings. The number of hydrogen-bond acceptors (Lipinski definition) is 7. The number of carbonyl (C=O) groups excluding carboxylic acids is 1. The van der Waals surface area contributed by atoms with Gasteiger partial charge in [-0.2, -0.15) is 0 Å². The minimum absolute atomic E-state index is 0.166. The van der Waals surface area contributed by atoms with Gasteiger partial charge >= 0.3 is 5.97 Å². The summed E-state index contributed by atoms with van der Waals surface area (Å²) in [5.41, 5.74) is 2.80. The van der Waals surface area contributed by atoms with Gasteiger partial charge in [0.2, 0.25) is 5.89 Å². The summed E-state index contributed by atoms with van der Waals surface area (Å²) in [7, 11) is 0. The molecule has 0 amide bonds. The van der Waals surface area contributed by atoms with Crippen molar-refractivity contribution >= 4 is 17.3 Å². The maximum Gasteiger partial charge on any atom is 0.358 e. The molecule has 0 fully saturated rings. The smallest absolute Gasteiger partial charge is 0.358 e. The quantitative estimate of drug-likeness (QED) is 0.420. The van der Waals surface area contributed by atoms with Gasteiger partial charge in [0.15, 0.2) is 11.8 Å². The van der Waals surface area contributed by atoms with Crippen LogP contribution < -0.4 is 0 Å². The van der Waals surface area contributed by atoms with Crippen molar-refractivity contribution in [3.8, 4) is 22.0 Å². The van der Waals surface area contributed by atoms with Crippen LogP contribution in [0.5, 0.6) is 0 Å². The molecule has 8 heteroatoms. The summed E-state index contributed by atoms with van der Waals surface area (Å²) in [6.45, 7) is 3.64. The average molecular weight is 409 g/mol.